The third-order valence-electron chi connectivity index (χ3n) is 5.32. The summed E-state index contributed by atoms with van der Waals surface area (Å²) in [6.07, 6.45) is 2.23. The molecule has 6 heteroatoms. The SMILES string of the molecule is O=C(NCCCN1CCNCC1)C1(c2ccc(F)cc2)CCOCC1. The Kier molecular flexibility index (Phi) is 6.39. The van der Waals surface area contributed by atoms with E-state index in [4.69, 9.17) is 4.74 Å². The Morgan fingerprint density at radius 3 is 2.56 bits per heavy atom. The maximum absolute atomic E-state index is 13.3. The van der Waals surface area contributed by atoms with Gasteiger partial charge in [0.15, 0.2) is 0 Å². The number of ether oxygens (including phenoxy) is 1. The van der Waals surface area contributed by atoms with Crippen molar-refractivity contribution in [3.05, 3.63) is 35.6 Å². The van der Waals surface area contributed by atoms with Gasteiger partial charge in [-0.1, -0.05) is 12.1 Å². The predicted octanol–water partition coefficient (Wildman–Crippen LogP) is 1.29. The van der Waals surface area contributed by atoms with Crippen molar-refractivity contribution in [1.29, 1.82) is 0 Å². The summed E-state index contributed by atoms with van der Waals surface area (Å²) in [5, 5.41) is 6.46. The lowest BCUT2D eigenvalue weighted by Gasteiger charge is -2.36. The molecular formula is C19H28FN3O2. The van der Waals surface area contributed by atoms with Crippen molar-refractivity contribution in [2.24, 2.45) is 0 Å². The molecule has 2 saturated heterocycles. The number of carbonyl (C=O) groups is 1. The molecule has 0 bridgehead atoms. The summed E-state index contributed by atoms with van der Waals surface area (Å²) in [6, 6.07) is 6.34. The van der Waals surface area contributed by atoms with Crippen molar-refractivity contribution in [1.82, 2.24) is 15.5 Å². The van der Waals surface area contributed by atoms with Crippen molar-refractivity contribution < 1.29 is 13.9 Å². The van der Waals surface area contributed by atoms with E-state index in [-0.39, 0.29) is 11.7 Å². The molecule has 5 nitrogen and oxygen atoms in total. The molecular weight excluding hydrogens is 321 g/mol. The van der Waals surface area contributed by atoms with Crippen LogP contribution in [0.15, 0.2) is 24.3 Å². The molecule has 2 N–H and O–H groups in total. The van der Waals surface area contributed by atoms with Gasteiger partial charge in [0.25, 0.3) is 0 Å². The predicted molar refractivity (Wildman–Crippen MR) is 95.1 cm³/mol. The highest BCUT2D eigenvalue weighted by atomic mass is 19.1. The maximum atomic E-state index is 13.3. The first-order chi connectivity index (χ1) is 12.2. The zero-order chi connectivity index (χ0) is 17.5. The van der Waals surface area contributed by atoms with E-state index in [9.17, 15) is 9.18 Å². The molecule has 2 aliphatic rings. The fraction of sp³-hybridized carbons (Fsp3) is 0.632. The average molecular weight is 349 g/mol. The van der Waals surface area contributed by atoms with Gasteiger partial charge in [0.1, 0.15) is 5.82 Å². The van der Waals surface area contributed by atoms with Gasteiger partial charge < -0.3 is 20.3 Å². The summed E-state index contributed by atoms with van der Waals surface area (Å²) in [5.74, 6) is -0.231. The molecule has 0 aromatic heterocycles. The quantitative estimate of drug-likeness (QED) is 0.760. The standard InChI is InChI=1S/C19H28FN3O2/c20-17-4-2-16(3-5-17)19(6-14-25-15-7-19)18(24)22-8-1-11-23-12-9-21-10-13-23/h2-5,21H,1,6-15H2,(H,22,24). The van der Waals surface area contributed by atoms with Gasteiger partial charge in [-0.2, -0.15) is 0 Å². The minimum Gasteiger partial charge on any atom is -0.381 e. The smallest absolute Gasteiger partial charge is 0.230 e. The number of carbonyl (C=O) groups excluding carboxylic acids is 1. The number of piperazine rings is 1. The van der Waals surface area contributed by atoms with E-state index in [1.165, 1.54) is 12.1 Å². The number of nitrogens with zero attached hydrogens (tertiary/aromatic N) is 1. The monoisotopic (exact) mass is 349 g/mol. The highest BCUT2D eigenvalue weighted by Gasteiger charge is 2.41. The summed E-state index contributed by atoms with van der Waals surface area (Å²) >= 11 is 0. The number of rotatable bonds is 6. The van der Waals surface area contributed by atoms with Crippen molar-refractivity contribution >= 4 is 5.91 Å². The number of nitrogens with one attached hydrogen (secondary N) is 2. The number of hydrogen-bond donors (Lipinski definition) is 2. The molecule has 2 heterocycles. The molecule has 1 aromatic carbocycles. The van der Waals surface area contributed by atoms with Gasteiger partial charge in [-0.15, -0.1) is 0 Å². The summed E-state index contributed by atoms with van der Waals surface area (Å²) in [7, 11) is 0. The van der Waals surface area contributed by atoms with Crippen molar-refractivity contribution in [3.8, 4) is 0 Å². The minimum absolute atomic E-state index is 0.0442. The third kappa shape index (κ3) is 4.57. The van der Waals surface area contributed by atoms with Crippen LogP contribution in [0, 0.1) is 5.82 Å². The third-order valence-corrected chi connectivity index (χ3v) is 5.32. The first-order valence-corrected chi connectivity index (χ1v) is 9.26. The molecule has 0 radical (unpaired) electrons. The minimum atomic E-state index is -0.596. The number of amides is 1. The second-order valence-electron chi connectivity index (χ2n) is 6.90. The van der Waals surface area contributed by atoms with Crippen LogP contribution in [0.3, 0.4) is 0 Å². The van der Waals surface area contributed by atoms with E-state index in [0.29, 0.717) is 32.6 Å². The molecule has 0 atom stereocenters. The highest BCUT2D eigenvalue weighted by Crippen LogP contribution is 2.35. The number of hydrogen-bond acceptors (Lipinski definition) is 4. The summed E-state index contributed by atoms with van der Waals surface area (Å²) in [4.78, 5) is 15.4. The summed E-state index contributed by atoms with van der Waals surface area (Å²) in [6.45, 7) is 7.04. The van der Waals surface area contributed by atoms with Gasteiger partial charge in [-0.05, 0) is 43.5 Å². The Labute approximate surface area is 148 Å². The van der Waals surface area contributed by atoms with E-state index in [1.54, 1.807) is 12.1 Å². The lowest BCUT2D eigenvalue weighted by Crippen LogP contribution is -2.49. The molecule has 0 saturated carbocycles. The van der Waals surface area contributed by atoms with Crippen LogP contribution in [0.2, 0.25) is 0 Å². The molecule has 3 rings (SSSR count). The van der Waals surface area contributed by atoms with Gasteiger partial charge in [-0.3, -0.25) is 4.79 Å². The van der Waals surface area contributed by atoms with Crippen LogP contribution in [0.1, 0.15) is 24.8 Å². The van der Waals surface area contributed by atoms with E-state index in [1.807, 2.05) is 0 Å². The normalized spacial score (nSPS) is 21.0. The summed E-state index contributed by atoms with van der Waals surface area (Å²) in [5.41, 5.74) is 0.290. The molecule has 25 heavy (non-hydrogen) atoms. The van der Waals surface area contributed by atoms with E-state index in [0.717, 1.165) is 44.7 Å². The van der Waals surface area contributed by atoms with Crippen molar-refractivity contribution in [2.45, 2.75) is 24.7 Å². The van der Waals surface area contributed by atoms with Crippen LogP contribution in [0.25, 0.3) is 0 Å². The average Bonchev–Trinajstić information content (AvgIpc) is 2.67. The van der Waals surface area contributed by atoms with Crippen LogP contribution in [0.5, 0.6) is 0 Å². The van der Waals surface area contributed by atoms with Crippen LogP contribution in [-0.4, -0.2) is 63.3 Å². The van der Waals surface area contributed by atoms with Crippen LogP contribution >= 0.6 is 0 Å². The highest BCUT2D eigenvalue weighted by molar-refractivity contribution is 5.88. The van der Waals surface area contributed by atoms with Crippen LogP contribution < -0.4 is 10.6 Å². The Hall–Kier alpha value is -1.50. The van der Waals surface area contributed by atoms with Gasteiger partial charge in [-0.25, -0.2) is 4.39 Å². The number of benzene rings is 1. The van der Waals surface area contributed by atoms with Crippen molar-refractivity contribution in [3.63, 3.8) is 0 Å². The van der Waals surface area contributed by atoms with Gasteiger partial charge >= 0.3 is 0 Å². The van der Waals surface area contributed by atoms with E-state index in [2.05, 4.69) is 15.5 Å². The lowest BCUT2D eigenvalue weighted by molar-refractivity contribution is -0.130. The first kappa shape index (κ1) is 18.3. The Morgan fingerprint density at radius 1 is 1.20 bits per heavy atom. The zero-order valence-electron chi connectivity index (χ0n) is 14.7. The van der Waals surface area contributed by atoms with Crippen LogP contribution in [-0.2, 0) is 14.9 Å². The molecule has 2 fully saturated rings. The van der Waals surface area contributed by atoms with Gasteiger partial charge in [0.05, 0.1) is 5.41 Å². The first-order valence-electron chi connectivity index (χ1n) is 9.26. The largest absolute Gasteiger partial charge is 0.381 e. The number of halogens is 1. The van der Waals surface area contributed by atoms with Crippen LogP contribution in [0.4, 0.5) is 4.39 Å². The second kappa shape index (κ2) is 8.74. The Balaban J connectivity index is 1.57. The van der Waals surface area contributed by atoms with E-state index < -0.39 is 5.41 Å². The van der Waals surface area contributed by atoms with E-state index >= 15 is 0 Å². The molecule has 138 valence electrons. The maximum Gasteiger partial charge on any atom is 0.230 e. The second-order valence-corrected chi connectivity index (χ2v) is 6.90. The summed E-state index contributed by atoms with van der Waals surface area (Å²) < 4.78 is 18.7. The van der Waals surface area contributed by atoms with Gasteiger partial charge in [0, 0.05) is 45.9 Å². The molecule has 0 unspecified atom stereocenters. The fourth-order valence-corrected chi connectivity index (χ4v) is 3.74. The topological polar surface area (TPSA) is 53.6 Å². The molecule has 0 spiro atoms. The van der Waals surface area contributed by atoms with Crippen molar-refractivity contribution in [2.75, 3.05) is 52.5 Å². The Morgan fingerprint density at radius 2 is 1.88 bits per heavy atom. The molecule has 0 aliphatic carbocycles. The Bertz CT molecular complexity index is 552. The molecule has 2 aliphatic heterocycles. The molecule has 1 aromatic rings. The fourth-order valence-electron chi connectivity index (χ4n) is 3.74. The molecule has 1 amide bonds. The zero-order valence-corrected chi connectivity index (χ0v) is 14.7. The lowest BCUT2D eigenvalue weighted by atomic mass is 9.73. The van der Waals surface area contributed by atoms with Gasteiger partial charge in [0.2, 0.25) is 5.91 Å².